The van der Waals surface area contributed by atoms with E-state index in [0.717, 1.165) is 49.5 Å². The summed E-state index contributed by atoms with van der Waals surface area (Å²) < 4.78 is 3.89. The monoisotopic (exact) mass is 458 g/mol. The van der Waals surface area contributed by atoms with E-state index in [9.17, 15) is 4.79 Å². The Kier molecular flexibility index (Phi) is 5.52. The van der Waals surface area contributed by atoms with Crippen molar-refractivity contribution in [2.45, 2.75) is 76.5 Å². The molecule has 178 valence electrons. The molecule has 4 heterocycles. The highest BCUT2D eigenvalue weighted by Crippen LogP contribution is 2.40. The summed E-state index contributed by atoms with van der Waals surface area (Å²) in [5, 5.41) is 0. The highest BCUT2D eigenvalue weighted by molar-refractivity contribution is 6.03. The van der Waals surface area contributed by atoms with Crippen LogP contribution in [0.15, 0.2) is 46.3 Å². The second kappa shape index (κ2) is 8.69. The number of fused-ring (bicyclic) bond motifs is 4. The number of aryl methyl sites for hydroxylation is 1. The zero-order chi connectivity index (χ0) is 23.2. The van der Waals surface area contributed by atoms with Crippen molar-refractivity contribution in [1.29, 1.82) is 0 Å². The highest BCUT2D eigenvalue weighted by Gasteiger charge is 2.33. The van der Waals surface area contributed by atoms with Gasteiger partial charge < -0.3 is 19.8 Å². The number of aliphatic imine (C=N–C) groups is 1. The average molecular weight is 459 g/mol. The van der Waals surface area contributed by atoms with E-state index in [1.54, 1.807) is 0 Å². The van der Waals surface area contributed by atoms with Gasteiger partial charge in [-0.2, -0.15) is 0 Å². The molecule has 3 atom stereocenters. The number of imidazole rings is 1. The molecule has 0 spiro atoms. The predicted molar refractivity (Wildman–Crippen MR) is 137 cm³/mol. The molecule has 2 fully saturated rings. The topological polar surface area (TPSA) is 81.4 Å². The smallest absolute Gasteiger partial charge is 0.277 e. The molecule has 2 N–H and O–H groups in total. The Morgan fingerprint density at radius 1 is 1.09 bits per heavy atom. The number of hydrogen-bond acceptors (Lipinski definition) is 5. The van der Waals surface area contributed by atoms with E-state index in [1.807, 2.05) is 16.8 Å². The van der Waals surface area contributed by atoms with E-state index in [-0.39, 0.29) is 11.6 Å². The molecule has 6 rings (SSSR count). The molecule has 1 aromatic carbocycles. The van der Waals surface area contributed by atoms with Gasteiger partial charge in [0.2, 0.25) is 5.95 Å². The zero-order valence-electron chi connectivity index (χ0n) is 20.0. The molecule has 7 nitrogen and oxygen atoms in total. The third-order valence-corrected chi connectivity index (χ3v) is 7.95. The van der Waals surface area contributed by atoms with Gasteiger partial charge in [-0.25, -0.2) is 4.98 Å². The first-order valence-electron chi connectivity index (χ1n) is 12.9. The van der Waals surface area contributed by atoms with Gasteiger partial charge in [0.15, 0.2) is 0 Å². The summed E-state index contributed by atoms with van der Waals surface area (Å²) in [6.45, 7) is 4.99. The van der Waals surface area contributed by atoms with Crippen LogP contribution in [0.1, 0.15) is 62.5 Å². The van der Waals surface area contributed by atoms with Gasteiger partial charge in [0.25, 0.3) is 5.56 Å². The first-order valence-corrected chi connectivity index (χ1v) is 12.9. The van der Waals surface area contributed by atoms with Gasteiger partial charge in [-0.1, -0.05) is 37.1 Å². The molecule has 7 heteroatoms. The lowest BCUT2D eigenvalue weighted by Gasteiger charge is -2.35. The van der Waals surface area contributed by atoms with Crippen molar-refractivity contribution in [1.82, 2.24) is 14.1 Å². The Balaban J connectivity index is 1.40. The quantitative estimate of drug-likeness (QED) is 0.647. The maximum absolute atomic E-state index is 13.7. The molecule has 2 aromatic heterocycles. The first-order chi connectivity index (χ1) is 16.6. The van der Waals surface area contributed by atoms with Crippen LogP contribution in [0.2, 0.25) is 0 Å². The van der Waals surface area contributed by atoms with Crippen LogP contribution in [-0.2, 0) is 13.1 Å². The average Bonchev–Trinajstić information content (AvgIpc) is 3.25. The SMILES string of the molecule is CCn1c(N2CCCC(N)C2)nc2ccn(CC3=NC4CCCCC4c4ccccc43)c(=O)c21. The Morgan fingerprint density at radius 3 is 2.79 bits per heavy atom. The number of piperidine rings is 1. The van der Waals surface area contributed by atoms with Crippen molar-refractivity contribution in [3.05, 3.63) is 58.0 Å². The van der Waals surface area contributed by atoms with Crippen LogP contribution in [0.3, 0.4) is 0 Å². The number of rotatable bonds is 4. The van der Waals surface area contributed by atoms with Crippen LogP contribution in [0, 0.1) is 0 Å². The fraction of sp³-hybridized carbons (Fsp3) is 0.519. The molecular formula is C27H34N6O. The second-order valence-corrected chi connectivity index (χ2v) is 10.1. The molecule has 0 radical (unpaired) electrons. The minimum absolute atomic E-state index is 0.00496. The van der Waals surface area contributed by atoms with E-state index in [4.69, 9.17) is 15.7 Å². The summed E-state index contributed by atoms with van der Waals surface area (Å²) in [6.07, 6.45) is 8.86. The Labute approximate surface area is 200 Å². The molecule has 3 aliphatic rings. The van der Waals surface area contributed by atoms with Crippen LogP contribution in [0.5, 0.6) is 0 Å². The summed E-state index contributed by atoms with van der Waals surface area (Å²) in [4.78, 5) is 26.1. The van der Waals surface area contributed by atoms with Crippen LogP contribution >= 0.6 is 0 Å². The zero-order valence-corrected chi connectivity index (χ0v) is 20.0. The summed E-state index contributed by atoms with van der Waals surface area (Å²) in [5.74, 6) is 1.39. The Bertz CT molecular complexity index is 1300. The molecule has 0 bridgehead atoms. The fourth-order valence-corrected chi connectivity index (χ4v) is 6.29. The summed E-state index contributed by atoms with van der Waals surface area (Å²) in [7, 11) is 0. The second-order valence-electron chi connectivity index (χ2n) is 10.1. The number of nitrogens with two attached hydrogens (primary N) is 1. The minimum Gasteiger partial charge on any atom is -0.341 e. The molecule has 34 heavy (non-hydrogen) atoms. The summed E-state index contributed by atoms with van der Waals surface area (Å²) in [6, 6.07) is 11.1. The van der Waals surface area contributed by atoms with E-state index >= 15 is 0 Å². The van der Waals surface area contributed by atoms with Crippen LogP contribution in [-0.4, -0.2) is 45.0 Å². The van der Waals surface area contributed by atoms with E-state index in [2.05, 4.69) is 40.7 Å². The molecule has 3 unspecified atom stereocenters. The van der Waals surface area contributed by atoms with Crippen molar-refractivity contribution in [2.24, 2.45) is 10.7 Å². The van der Waals surface area contributed by atoms with Crippen molar-refractivity contribution in [2.75, 3.05) is 18.0 Å². The maximum Gasteiger partial charge on any atom is 0.277 e. The molecule has 1 saturated carbocycles. The van der Waals surface area contributed by atoms with E-state index in [0.29, 0.717) is 30.6 Å². The van der Waals surface area contributed by atoms with Gasteiger partial charge in [-0.3, -0.25) is 9.79 Å². The Morgan fingerprint density at radius 2 is 1.94 bits per heavy atom. The lowest BCUT2D eigenvalue weighted by molar-refractivity contribution is 0.382. The third kappa shape index (κ3) is 3.57. The lowest BCUT2D eigenvalue weighted by atomic mass is 9.76. The van der Waals surface area contributed by atoms with E-state index < -0.39 is 0 Å². The molecule has 2 aliphatic heterocycles. The maximum atomic E-state index is 13.7. The summed E-state index contributed by atoms with van der Waals surface area (Å²) in [5.41, 5.74) is 11.3. The molecule has 1 saturated heterocycles. The van der Waals surface area contributed by atoms with Crippen molar-refractivity contribution in [3.8, 4) is 0 Å². The first kappa shape index (κ1) is 21.6. The predicted octanol–water partition coefficient (Wildman–Crippen LogP) is 3.67. The van der Waals surface area contributed by atoms with Crippen LogP contribution < -0.4 is 16.2 Å². The van der Waals surface area contributed by atoms with Gasteiger partial charge in [0.05, 0.1) is 23.8 Å². The van der Waals surface area contributed by atoms with Gasteiger partial charge in [-0.05, 0) is 44.2 Å². The van der Waals surface area contributed by atoms with E-state index in [1.165, 1.54) is 30.4 Å². The van der Waals surface area contributed by atoms with Crippen molar-refractivity contribution in [3.63, 3.8) is 0 Å². The van der Waals surface area contributed by atoms with Gasteiger partial charge in [0.1, 0.15) is 5.52 Å². The molecule has 1 aliphatic carbocycles. The largest absolute Gasteiger partial charge is 0.341 e. The molecule has 0 amide bonds. The Hall–Kier alpha value is -2.93. The lowest BCUT2D eigenvalue weighted by Crippen LogP contribution is -2.44. The third-order valence-electron chi connectivity index (χ3n) is 7.95. The van der Waals surface area contributed by atoms with Gasteiger partial charge in [-0.15, -0.1) is 0 Å². The van der Waals surface area contributed by atoms with Crippen LogP contribution in [0.4, 0.5) is 5.95 Å². The fourth-order valence-electron chi connectivity index (χ4n) is 6.29. The number of benzene rings is 1. The number of hydrogen-bond donors (Lipinski definition) is 1. The van der Waals surface area contributed by atoms with Crippen molar-refractivity contribution < 1.29 is 0 Å². The molecular weight excluding hydrogens is 424 g/mol. The summed E-state index contributed by atoms with van der Waals surface area (Å²) >= 11 is 0. The molecule has 3 aromatic rings. The number of aromatic nitrogens is 3. The van der Waals surface area contributed by atoms with Crippen LogP contribution in [0.25, 0.3) is 11.0 Å². The standard InChI is InChI=1S/C27H34N6O/c1-2-33-25-23(30-27(33)32-14-7-8-18(28)16-32)13-15-31(26(25)34)17-24-21-11-4-3-9-19(21)20-10-5-6-12-22(20)29-24/h3-4,9,11,13,15,18,20,22H,2,5-8,10,12,14,16-17,28H2,1H3. The van der Waals surface area contributed by atoms with Gasteiger partial charge >= 0.3 is 0 Å². The van der Waals surface area contributed by atoms with Crippen molar-refractivity contribution >= 4 is 22.7 Å². The highest BCUT2D eigenvalue weighted by atomic mass is 16.1. The number of anilines is 1. The minimum atomic E-state index is 0.00496. The number of nitrogens with zero attached hydrogens (tertiary/aromatic N) is 5. The van der Waals surface area contributed by atoms with Gasteiger partial charge in [0, 0.05) is 43.4 Å². The normalized spacial score (nSPS) is 24.6. The number of pyridine rings is 1.